The Bertz CT molecular complexity index is 488. The number of nitrogens with zero attached hydrogens (tertiary/aromatic N) is 1. The van der Waals surface area contributed by atoms with E-state index in [9.17, 15) is 14.7 Å². The number of aliphatic carboxylic acids is 1. The smallest absolute Gasteiger partial charge is 0.326 e. The maximum Gasteiger partial charge on any atom is 0.326 e. The summed E-state index contributed by atoms with van der Waals surface area (Å²) in [6.45, 7) is 0.0695. The molecule has 0 saturated carbocycles. The van der Waals surface area contributed by atoms with Gasteiger partial charge in [0.2, 0.25) is 0 Å². The van der Waals surface area contributed by atoms with Crippen molar-refractivity contribution in [3.05, 3.63) is 29.8 Å². The number of aliphatic hydroxyl groups is 1. The summed E-state index contributed by atoms with van der Waals surface area (Å²) in [6, 6.07) is 6.05. The number of thioether (sulfide) groups is 1. The van der Waals surface area contributed by atoms with Crippen molar-refractivity contribution in [3.8, 4) is 0 Å². The first-order valence-electron chi connectivity index (χ1n) is 5.89. The zero-order valence-corrected chi connectivity index (χ0v) is 11.3. The van der Waals surface area contributed by atoms with E-state index in [1.807, 2.05) is 18.4 Å². The maximum absolute atomic E-state index is 12.3. The monoisotopic (exact) mass is 281 g/mol. The third kappa shape index (κ3) is 2.90. The normalized spacial score (nSPS) is 22.5. The van der Waals surface area contributed by atoms with Crippen LogP contribution in [0.4, 0.5) is 0 Å². The van der Waals surface area contributed by atoms with E-state index < -0.39 is 18.1 Å². The highest BCUT2D eigenvalue weighted by atomic mass is 32.2. The molecule has 6 heteroatoms. The molecule has 102 valence electrons. The van der Waals surface area contributed by atoms with E-state index in [2.05, 4.69) is 0 Å². The summed E-state index contributed by atoms with van der Waals surface area (Å²) in [5.74, 6) is -1.43. The highest BCUT2D eigenvalue weighted by molar-refractivity contribution is 7.98. The minimum Gasteiger partial charge on any atom is -0.480 e. The van der Waals surface area contributed by atoms with Crippen LogP contribution in [0.25, 0.3) is 0 Å². The van der Waals surface area contributed by atoms with Gasteiger partial charge in [0, 0.05) is 23.4 Å². The van der Waals surface area contributed by atoms with Gasteiger partial charge in [-0.1, -0.05) is 0 Å². The Morgan fingerprint density at radius 2 is 1.95 bits per heavy atom. The molecule has 1 aliphatic heterocycles. The lowest BCUT2D eigenvalue weighted by Crippen LogP contribution is -2.40. The van der Waals surface area contributed by atoms with Crippen LogP contribution < -0.4 is 0 Å². The van der Waals surface area contributed by atoms with Crippen LogP contribution in [0.3, 0.4) is 0 Å². The van der Waals surface area contributed by atoms with Gasteiger partial charge in [0.05, 0.1) is 6.10 Å². The molecule has 1 aliphatic rings. The van der Waals surface area contributed by atoms with Crippen molar-refractivity contribution in [2.75, 3.05) is 12.8 Å². The van der Waals surface area contributed by atoms with E-state index in [1.54, 1.807) is 23.9 Å². The summed E-state index contributed by atoms with van der Waals surface area (Å²) in [5, 5.41) is 18.6. The molecule has 5 nitrogen and oxygen atoms in total. The maximum atomic E-state index is 12.3. The largest absolute Gasteiger partial charge is 0.480 e. The molecular formula is C13H15NO4S. The first-order valence-corrected chi connectivity index (χ1v) is 7.11. The minimum absolute atomic E-state index is 0.0695. The number of benzene rings is 1. The Kier molecular flexibility index (Phi) is 4.11. The van der Waals surface area contributed by atoms with Crippen LogP contribution in [0.2, 0.25) is 0 Å². The van der Waals surface area contributed by atoms with Gasteiger partial charge in [0.15, 0.2) is 0 Å². The summed E-state index contributed by atoms with van der Waals surface area (Å²) in [5.41, 5.74) is 0.443. The summed E-state index contributed by atoms with van der Waals surface area (Å²) >= 11 is 1.57. The van der Waals surface area contributed by atoms with Gasteiger partial charge < -0.3 is 15.1 Å². The zero-order valence-electron chi connectivity index (χ0n) is 10.4. The molecule has 1 amide bonds. The Hall–Kier alpha value is -1.53. The van der Waals surface area contributed by atoms with Gasteiger partial charge in [-0.2, -0.15) is 0 Å². The third-order valence-corrected chi connectivity index (χ3v) is 3.91. The van der Waals surface area contributed by atoms with Crippen molar-refractivity contribution in [2.45, 2.75) is 23.5 Å². The highest BCUT2D eigenvalue weighted by Gasteiger charge is 2.39. The Labute approximate surface area is 115 Å². The van der Waals surface area contributed by atoms with E-state index in [0.717, 1.165) is 4.90 Å². The van der Waals surface area contributed by atoms with Crippen LogP contribution in [0.5, 0.6) is 0 Å². The Balaban J connectivity index is 2.20. The first-order chi connectivity index (χ1) is 9.02. The van der Waals surface area contributed by atoms with Crippen molar-refractivity contribution in [3.63, 3.8) is 0 Å². The fourth-order valence-electron chi connectivity index (χ4n) is 2.17. The molecule has 0 aliphatic carbocycles. The Morgan fingerprint density at radius 1 is 1.32 bits per heavy atom. The number of likely N-dealkylation sites (tertiary alicyclic amines) is 1. The lowest BCUT2D eigenvalue weighted by Gasteiger charge is -2.21. The molecule has 0 radical (unpaired) electrons. The molecule has 0 bridgehead atoms. The van der Waals surface area contributed by atoms with Crippen LogP contribution >= 0.6 is 11.8 Å². The molecule has 1 aromatic rings. The standard InChI is InChI=1S/C13H15NO4S/c1-19-10-4-2-8(3-5-10)12(16)14-7-9(15)6-11(14)13(17)18/h2-5,9,11,15H,6-7H2,1H3,(H,17,18). The molecule has 2 rings (SSSR count). The molecule has 0 spiro atoms. The van der Waals surface area contributed by atoms with E-state index in [4.69, 9.17) is 5.11 Å². The second kappa shape index (κ2) is 5.63. The fourth-order valence-corrected chi connectivity index (χ4v) is 2.58. The predicted molar refractivity (Wildman–Crippen MR) is 71.3 cm³/mol. The highest BCUT2D eigenvalue weighted by Crippen LogP contribution is 2.22. The summed E-state index contributed by atoms with van der Waals surface area (Å²) < 4.78 is 0. The van der Waals surface area contributed by atoms with Crippen molar-refractivity contribution in [1.82, 2.24) is 4.90 Å². The minimum atomic E-state index is -1.08. The lowest BCUT2D eigenvalue weighted by atomic mass is 10.1. The number of rotatable bonds is 3. The molecule has 2 N–H and O–H groups in total. The van der Waals surface area contributed by atoms with Crippen molar-refractivity contribution >= 4 is 23.6 Å². The molecule has 1 aromatic carbocycles. The van der Waals surface area contributed by atoms with Crippen LogP contribution in [-0.2, 0) is 4.79 Å². The van der Waals surface area contributed by atoms with E-state index in [-0.39, 0.29) is 18.9 Å². The number of carboxylic acid groups (broad SMARTS) is 1. The molecule has 1 heterocycles. The molecule has 1 saturated heterocycles. The van der Waals surface area contributed by atoms with Crippen LogP contribution in [-0.4, -0.2) is 51.9 Å². The molecule has 19 heavy (non-hydrogen) atoms. The number of β-amino-alcohol motifs (C(OH)–C–C–N with tert-alkyl or cyclic N) is 1. The number of carboxylic acids is 1. The van der Waals surface area contributed by atoms with Crippen LogP contribution in [0.1, 0.15) is 16.8 Å². The molecule has 2 atom stereocenters. The van der Waals surface area contributed by atoms with Gasteiger partial charge in [0.25, 0.3) is 5.91 Å². The molecular weight excluding hydrogens is 266 g/mol. The Morgan fingerprint density at radius 3 is 2.47 bits per heavy atom. The van der Waals surface area contributed by atoms with E-state index in [0.29, 0.717) is 5.56 Å². The first kappa shape index (κ1) is 13.9. The number of hydrogen-bond acceptors (Lipinski definition) is 4. The number of carbonyl (C=O) groups is 2. The quantitative estimate of drug-likeness (QED) is 0.810. The number of amides is 1. The topological polar surface area (TPSA) is 77.8 Å². The number of hydrogen-bond donors (Lipinski definition) is 2. The number of carbonyl (C=O) groups excluding carboxylic acids is 1. The predicted octanol–water partition coefficient (Wildman–Crippen LogP) is 1.07. The van der Waals surface area contributed by atoms with Gasteiger partial charge >= 0.3 is 5.97 Å². The second-order valence-electron chi connectivity index (χ2n) is 4.43. The van der Waals surface area contributed by atoms with Crippen molar-refractivity contribution < 1.29 is 19.8 Å². The summed E-state index contributed by atoms with van der Waals surface area (Å²) in [4.78, 5) is 25.6. The van der Waals surface area contributed by atoms with E-state index >= 15 is 0 Å². The third-order valence-electron chi connectivity index (χ3n) is 3.16. The molecule has 2 unspecified atom stereocenters. The molecule has 0 aromatic heterocycles. The van der Waals surface area contributed by atoms with Gasteiger partial charge in [0.1, 0.15) is 6.04 Å². The summed E-state index contributed by atoms with van der Waals surface area (Å²) in [7, 11) is 0. The van der Waals surface area contributed by atoms with Gasteiger partial charge in [-0.05, 0) is 30.5 Å². The fraction of sp³-hybridized carbons (Fsp3) is 0.385. The zero-order chi connectivity index (χ0) is 14.0. The SMILES string of the molecule is CSc1ccc(C(=O)N2CC(O)CC2C(=O)O)cc1. The van der Waals surface area contributed by atoms with Crippen molar-refractivity contribution in [1.29, 1.82) is 0 Å². The van der Waals surface area contributed by atoms with Crippen LogP contribution in [0, 0.1) is 0 Å². The average molecular weight is 281 g/mol. The van der Waals surface area contributed by atoms with Gasteiger partial charge in [-0.3, -0.25) is 4.79 Å². The number of aliphatic hydroxyl groups excluding tert-OH is 1. The van der Waals surface area contributed by atoms with Gasteiger partial charge in [-0.15, -0.1) is 11.8 Å². The summed E-state index contributed by atoms with van der Waals surface area (Å²) in [6.07, 6.45) is 1.26. The lowest BCUT2D eigenvalue weighted by molar-refractivity contribution is -0.141. The second-order valence-corrected chi connectivity index (χ2v) is 5.31. The molecule has 1 fully saturated rings. The van der Waals surface area contributed by atoms with E-state index in [1.165, 1.54) is 4.90 Å². The van der Waals surface area contributed by atoms with Crippen molar-refractivity contribution in [2.24, 2.45) is 0 Å². The van der Waals surface area contributed by atoms with Crippen LogP contribution in [0.15, 0.2) is 29.2 Å². The average Bonchev–Trinajstić information content (AvgIpc) is 2.80. The van der Waals surface area contributed by atoms with Gasteiger partial charge in [-0.25, -0.2) is 4.79 Å².